The molecule has 3 aliphatic heterocycles. The number of morpholine rings is 1. The van der Waals surface area contributed by atoms with Crippen LogP contribution in [0.3, 0.4) is 0 Å². The van der Waals surface area contributed by atoms with Crippen LogP contribution in [0.4, 0.5) is 11.5 Å². The predicted octanol–water partition coefficient (Wildman–Crippen LogP) is 1.73. The van der Waals surface area contributed by atoms with E-state index in [1.54, 1.807) is 10.9 Å². The fourth-order valence-corrected chi connectivity index (χ4v) is 5.56. The number of aliphatic hydroxyl groups excluding tert-OH is 1. The van der Waals surface area contributed by atoms with Crippen LogP contribution in [0.5, 0.6) is 0 Å². The van der Waals surface area contributed by atoms with Crippen molar-refractivity contribution in [3.63, 3.8) is 0 Å². The molecule has 3 aliphatic rings. The van der Waals surface area contributed by atoms with E-state index in [0.717, 1.165) is 36.3 Å². The van der Waals surface area contributed by atoms with Crippen LogP contribution in [-0.2, 0) is 4.74 Å². The maximum absolute atomic E-state index is 10.2. The lowest BCUT2D eigenvalue weighted by atomic mass is 9.99. The van der Waals surface area contributed by atoms with Gasteiger partial charge < -0.3 is 19.6 Å². The summed E-state index contributed by atoms with van der Waals surface area (Å²) >= 11 is 0. The molecule has 166 valence electrons. The van der Waals surface area contributed by atoms with E-state index < -0.39 is 0 Å². The molecule has 6 heterocycles. The van der Waals surface area contributed by atoms with Gasteiger partial charge in [-0.3, -0.25) is 5.10 Å². The molecule has 2 N–H and O–H groups in total. The van der Waals surface area contributed by atoms with E-state index in [1.165, 1.54) is 0 Å². The zero-order chi connectivity index (χ0) is 21.8. The molecule has 0 spiro atoms. The highest BCUT2D eigenvalue weighted by atomic mass is 16.5. The maximum Gasteiger partial charge on any atom is 0.174 e. The smallest absolute Gasteiger partial charge is 0.174 e. The SMILES string of the molecule is C[C@@H]1CC(O)CCN1c1cc(N2C3CCC2COC3)nc2c1c(C#N)nn2-c1ccn[nH]1. The molecule has 0 radical (unpaired) electrons. The normalized spacial score (nSPS) is 27.8. The van der Waals surface area contributed by atoms with E-state index in [2.05, 4.69) is 44.2 Å². The minimum Gasteiger partial charge on any atom is -0.393 e. The van der Waals surface area contributed by atoms with E-state index in [9.17, 15) is 10.4 Å². The summed E-state index contributed by atoms with van der Waals surface area (Å²) < 4.78 is 7.47. The highest BCUT2D eigenvalue weighted by Gasteiger charge is 2.39. The Labute approximate surface area is 185 Å². The maximum atomic E-state index is 10.2. The second-order valence-corrected chi connectivity index (χ2v) is 9.06. The van der Waals surface area contributed by atoms with Crippen molar-refractivity contribution in [3.05, 3.63) is 24.0 Å². The molecule has 2 bridgehead atoms. The predicted molar refractivity (Wildman–Crippen MR) is 118 cm³/mol. The number of pyridine rings is 1. The Morgan fingerprint density at radius 3 is 2.75 bits per heavy atom. The first-order valence-corrected chi connectivity index (χ1v) is 11.3. The zero-order valence-corrected chi connectivity index (χ0v) is 18.0. The van der Waals surface area contributed by atoms with Crippen LogP contribution < -0.4 is 9.80 Å². The zero-order valence-electron chi connectivity index (χ0n) is 18.0. The molecule has 3 saturated heterocycles. The van der Waals surface area contributed by atoms with Crippen LogP contribution in [0.25, 0.3) is 16.9 Å². The average Bonchev–Trinajstić information content (AvgIpc) is 3.49. The summed E-state index contributed by atoms with van der Waals surface area (Å²) in [6.45, 7) is 4.26. The van der Waals surface area contributed by atoms with Crippen LogP contribution in [0.15, 0.2) is 18.3 Å². The average molecular weight is 435 g/mol. The van der Waals surface area contributed by atoms with Gasteiger partial charge in [-0.2, -0.15) is 20.1 Å². The van der Waals surface area contributed by atoms with Gasteiger partial charge in [0.15, 0.2) is 17.2 Å². The van der Waals surface area contributed by atoms with Gasteiger partial charge in [-0.25, -0.2) is 4.98 Å². The van der Waals surface area contributed by atoms with Crippen molar-refractivity contribution in [2.75, 3.05) is 29.6 Å². The van der Waals surface area contributed by atoms with Crippen molar-refractivity contribution >= 4 is 22.5 Å². The number of H-pyrrole nitrogens is 1. The monoisotopic (exact) mass is 434 g/mol. The summed E-state index contributed by atoms with van der Waals surface area (Å²) in [7, 11) is 0. The number of anilines is 2. The topological polar surface area (TPSA) is 119 Å². The molecule has 6 rings (SSSR count). The third-order valence-electron chi connectivity index (χ3n) is 7.09. The van der Waals surface area contributed by atoms with E-state index >= 15 is 0 Å². The number of aliphatic hydroxyl groups is 1. The van der Waals surface area contributed by atoms with Gasteiger partial charge in [0.25, 0.3) is 0 Å². The second-order valence-electron chi connectivity index (χ2n) is 9.06. The molecule has 4 atom stereocenters. The lowest BCUT2D eigenvalue weighted by Crippen LogP contribution is -2.46. The van der Waals surface area contributed by atoms with E-state index in [0.29, 0.717) is 55.3 Å². The van der Waals surface area contributed by atoms with E-state index in [4.69, 9.17) is 9.72 Å². The Bertz CT molecular complexity index is 1170. The van der Waals surface area contributed by atoms with Crippen molar-refractivity contribution in [3.8, 4) is 11.9 Å². The Balaban J connectivity index is 1.58. The number of hydrogen-bond donors (Lipinski definition) is 2. The third kappa shape index (κ3) is 2.96. The quantitative estimate of drug-likeness (QED) is 0.640. The minimum atomic E-state index is -0.295. The summed E-state index contributed by atoms with van der Waals surface area (Å²) in [5.41, 5.74) is 1.94. The molecule has 3 aromatic rings. The van der Waals surface area contributed by atoms with Gasteiger partial charge in [0, 0.05) is 24.7 Å². The number of nitrogens with zero attached hydrogens (tertiary/aromatic N) is 7. The van der Waals surface area contributed by atoms with Crippen LogP contribution >= 0.6 is 0 Å². The summed E-state index contributed by atoms with van der Waals surface area (Å²) in [6, 6.07) is 6.97. The lowest BCUT2D eigenvalue weighted by Gasteiger charge is -2.39. The highest BCUT2D eigenvalue weighted by molar-refractivity contribution is 5.96. The number of rotatable bonds is 3. The first-order valence-electron chi connectivity index (χ1n) is 11.3. The molecule has 3 unspecified atom stereocenters. The molecule has 3 fully saturated rings. The van der Waals surface area contributed by atoms with E-state index in [-0.39, 0.29) is 12.1 Å². The molecular formula is C22H26N8O2. The van der Waals surface area contributed by atoms with Gasteiger partial charge in [0.2, 0.25) is 0 Å². The largest absolute Gasteiger partial charge is 0.393 e. The summed E-state index contributed by atoms with van der Waals surface area (Å²) in [6.07, 6.45) is 4.94. The number of nitriles is 1. The molecule has 3 aromatic heterocycles. The summed E-state index contributed by atoms with van der Waals surface area (Å²) in [5.74, 6) is 1.56. The third-order valence-corrected chi connectivity index (χ3v) is 7.09. The lowest BCUT2D eigenvalue weighted by molar-refractivity contribution is 0.0902. The van der Waals surface area contributed by atoms with Crippen molar-refractivity contribution in [1.82, 2.24) is 25.0 Å². The van der Waals surface area contributed by atoms with Crippen molar-refractivity contribution in [1.29, 1.82) is 5.26 Å². The molecule has 10 nitrogen and oxygen atoms in total. The number of ether oxygens (including phenoxy) is 1. The van der Waals surface area contributed by atoms with Gasteiger partial charge in [-0.1, -0.05) is 0 Å². The van der Waals surface area contributed by atoms with E-state index in [1.807, 2.05) is 6.07 Å². The van der Waals surface area contributed by atoms with Crippen LogP contribution in [0.1, 0.15) is 38.3 Å². The van der Waals surface area contributed by atoms with Gasteiger partial charge >= 0.3 is 0 Å². The molecule has 32 heavy (non-hydrogen) atoms. The number of aromatic amines is 1. The summed E-state index contributed by atoms with van der Waals surface area (Å²) in [4.78, 5) is 9.74. The van der Waals surface area contributed by atoms with Gasteiger partial charge in [0.05, 0.1) is 48.7 Å². The second kappa shape index (κ2) is 7.46. The van der Waals surface area contributed by atoms with Crippen molar-refractivity contribution in [2.45, 2.75) is 56.8 Å². The van der Waals surface area contributed by atoms with Crippen LogP contribution in [0.2, 0.25) is 0 Å². The molecular weight excluding hydrogens is 408 g/mol. The van der Waals surface area contributed by atoms with Crippen molar-refractivity contribution in [2.24, 2.45) is 0 Å². The van der Waals surface area contributed by atoms with Crippen LogP contribution in [0, 0.1) is 11.3 Å². The minimum absolute atomic E-state index is 0.139. The molecule has 0 amide bonds. The van der Waals surface area contributed by atoms with Gasteiger partial charge in [-0.05, 0) is 32.6 Å². The standard InChI is InChI=1S/C22H26N8O2/c1-13-8-16(31)5-7-28(13)18-9-20(29-14-2-3-15(29)12-32-11-14)25-22-21(18)17(10-23)27-30(22)19-4-6-24-26-19/h4,6,9,13-16,31H,2-3,5,7-8,11-12H2,1H3,(H,24,26)/t13-,14?,15?,16?/m1/s1. The number of hydrogen-bond acceptors (Lipinski definition) is 8. The van der Waals surface area contributed by atoms with Crippen molar-refractivity contribution < 1.29 is 9.84 Å². The number of nitrogens with one attached hydrogen (secondary N) is 1. The Hall–Kier alpha value is -3.16. The first-order chi connectivity index (χ1) is 15.6. The Kier molecular flexibility index (Phi) is 4.55. The fraction of sp³-hybridized carbons (Fsp3) is 0.545. The Morgan fingerprint density at radius 2 is 2.06 bits per heavy atom. The molecule has 10 heteroatoms. The van der Waals surface area contributed by atoms with Gasteiger partial charge in [-0.15, -0.1) is 0 Å². The molecule has 0 aromatic carbocycles. The number of aromatic nitrogens is 5. The molecule has 0 saturated carbocycles. The van der Waals surface area contributed by atoms with Crippen LogP contribution in [-0.4, -0.2) is 74.1 Å². The molecule has 0 aliphatic carbocycles. The van der Waals surface area contributed by atoms with Gasteiger partial charge in [0.1, 0.15) is 11.9 Å². The fourth-order valence-electron chi connectivity index (χ4n) is 5.56. The summed E-state index contributed by atoms with van der Waals surface area (Å²) in [5, 5.41) is 32.4. The first kappa shape index (κ1) is 19.5. The highest BCUT2D eigenvalue weighted by Crippen LogP contribution is 2.40. The Morgan fingerprint density at radius 1 is 1.25 bits per heavy atom. The number of piperidine rings is 1. The number of fused-ring (bicyclic) bond motifs is 3.